The number of halogens is 1. The van der Waals surface area contributed by atoms with Gasteiger partial charge in [0.25, 0.3) is 0 Å². The molecule has 1 aliphatic rings. The van der Waals surface area contributed by atoms with E-state index in [1.807, 2.05) is 38.1 Å². The van der Waals surface area contributed by atoms with Gasteiger partial charge in [-0.2, -0.15) is 0 Å². The minimum absolute atomic E-state index is 0.112. The molecule has 0 unspecified atom stereocenters. The summed E-state index contributed by atoms with van der Waals surface area (Å²) in [5.74, 6) is 1.42. The monoisotopic (exact) mass is 373 g/mol. The summed E-state index contributed by atoms with van der Waals surface area (Å²) in [6, 6.07) is 7.52. The normalized spacial score (nSPS) is 15.2. The van der Waals surface area contributed by atoms with Crippen molar-refractivity contribution in [2.45, 2.75) is 39.8 Å². The summed E-state index contributed by atoms with van der Waals surface area (Å²) in [6.07, 6.45) is 1.93. The molecule has 2 heterocycles. The van der Waals surface area contributed by atoms with Crippen molar-refractivity contribution in [2.24, 2.45) is 5.41 Å². The first-order valence-electron chi connectivity index (χ1n) is 8.57. The zero-order valence-electron chi connectivity index (χ0n) is 14.7. The van der Waals surface area contributed by atoms with E-state index in [1.54, 1.807) is 0 Å². The minimum Gasteiger partial charge on any atom is -0.486 e. The van der Waals surface area contributed by atoms with Gasteiger partial charge in [-0.3, -0.25) is 4.79 Å². The second-order valence-corrected chi connectivity index (χ2v) is 7.53. The largest absolute Gasteiger partial charge is 0.486 e. The van der Waals surface area contributed by atoms with Crippen LogP contribution in [-0.2, 0) is 17.9 Å². The number of aromatic nitrogens is 2. The van der Waals surface area contributed by atoms with Gasteiger partial charge in [-0.15, -0.1) is 0 Å². The van der Waals surface area contributed by atoms with Crippen molar-refractivity contribution in [3.05, 3.63) is 46.4 Å². The van der Waals surface area contributed by atoms with E-state index in [4.69, 9.17) is 20.9 Å². The Bertz CT molecular complexity index is 972. The molecule has 1 aliphatic carbocycles. The van der Waals surface area contributed by atoms with E-state index in [0.717, 1.165) is 35.2 Å². The highest BCUT2D eigenvalue weighted by atomic mass is 35.5. The maximum absolute atomic E-state index is 12.1. The average Bonchev–Trinajstić information content (AvgIpc) is 3.04. The number of ether oxygens (including phenoxy) is 1. The van der Waals surface area contributed by atoms with Crippen molar-refractivity contribution < 1.29 is 14.1 Å². The van der Waals surface area contributed by atoms with Gasteiger partial charge in [0.2, 0.25) is 5.91 Å². The van der Waals surface area contributed by atoms with Crippen LogP contribution in [0.4, 0.5) is 0 Å². The zero-order chi connectivity index (χ0) is 18.3. The number of nitrogens with one attached hydrogen (secondary N) is 2. The quantitative estimate of drug-likeness (QED) is 0.681. The predicted octanol–water partition coefficient (Wildman–Crippen LogP) is 4.11. The van der Waals surface area contributed by atoms with Gasteiger partial charge in [0.15, 0.2) is 0 Å². The second kappa shape index (κ2) is 6.36. The Morgan fingerprint density at radius 3 is 2.88 bits per heavy atom. The number of aryl methyl sites for hydroxylation is 1. The molecule has 7 heteroatoms. The number of H-pyrrole nitrogens is 1. The number of amides is 1. The molecule has 0 aliphatic heterocycles. The Balaban J connectivity index is 1.46. The molecule has 6 nitrogen and oxygen atoms in total. The summed E-state index contributed by atoms with van der Waals surface area (Å²) < 4.78 is 10.8. The van der Waals surface area contributed by atoms with E-state index in [-0.39, 0.29) is 17.9 Å². The van der Waals surface area contributed by atoms with Crippen LogP contribution in [0.15, 0.2) is 28.8 Å². The van der Waals surface area contributed by atoms with Gasteiger partial charge in [0, 0.05) is 34.1 Å². The Morgan fingerprint density at radius 1 is 1.38 bits per heavy atom. The van der Waals surface area contributed by atoms with E-state index in [9.17, 15) is 4.79 Å². The minimum atomic E-state index is -0.171. The molecular weight excluding hydrogens is 354 g/mol. The van der Waals surface area contributed by atoms with Gasteiger partial charge in [0.05, 0.1) is 11.6 Å². The Morgan fingerprint density at radius 2 is 2.19 bits per heavy atom. The smallest absolute Gasteiger partial charge is 0.226 e. The van der Waals surface area contributed by atoms with Gasteiger partial charge in [-0.05, 0) is 31.9 Å². The Hall–Kier alpha value is -2.47. The van der Waals surface area contributed by atoms with Crippen molar-refractivity contribution in [3.63, 3.8) is 0 Å². The van der Waals surface area contributed by atoms with Gasteiger partial charge in [-0.1, -0.05) is 23.7 Å². The number of hydrogen-bond acceptors (Lipinski definition) is 4. The lowest BCUT2D eigenvalue weighted by atomic mass is 10.1. The predicted molar refractivity (Wildman–Crippen MR) is 98.1 cm³/mol. The molecule has 2 aromatic heterocycles. The van der Waals surface area contributed by atoms with Crippen molar-refractivity contribution in [1.82, 2.24) is 15.5 Å². The third-order valence-electron chi connectivity index (χ3n) is 4.77. The van der Waals surface area contributed by atoms with Crippen molar-refractivity contribution in [3.8, 4) is 5.75 Å². The molecule has 3 aromatic rings. The lowest BCUT2D eigenvalue weighted by molar-refractivity contribution is -0.125. The molecule has 0 bridgehead atoms. The summed E-state index contributed by atoms with van der Waals surface area (Å²) in [4.78, 5) is 15.4. The molecular formula is C19H20ClN3O3. The lowest BCUT2D eigenvalue weighted by Crippen LogP contribution is -2.29. The highest BCUT2D eigenvalue weighted by molar-refractivity contribution is 6.32. The molecule has 0 spiro atoms. The number of benzene rings is 1. The molecule has 0 radical (unpaired) electrons. The third kappa shape index (κ3) is 3.42. The number of fused-ring (bicyclic) bond motifs is 1. The van der Waals surface area contributed by atoms with Crippen molar-refractivity contribution in [1.29, 1.82) is 0 Å². The summed E-state index contributed by atoms with van der Waals surface area (Å²) in [5, 5.41) is 8.39. The molecule has 136 valence electrons. The van der Waals surface area contributed by atoms with Gasteiger partial charge in [0.1, 0.15) is 23.8 Å². The fourth-order valence-corrected chi connectivity index (χ4v) is 3.07. The summed E-state index contributed by atoms with van der Waals surface area (Å²) in [6.45, 7) is 4.57. The van der Waals surface area contributed by atoms with E-state index in [0.29, 0.717) is 23.0 Å². The molecule has 26 heavy (non-hydrogen) atoms. The van der Waals surface area contributed by atoms with Crippen molar-refractivity contribution in [2.75, 3.05) is 0 Å². The van der Waals surface area contributed by atoms with E-state index >= 15 is 0 Å². The standard InChI is InChI=1S/C19H20ClN3O3/c1-11-5-14(23-26-11)10-25-17-8-16-12(7-15(17)20)6-13(22-16)9-21-18(24)19(2)3-4-19/h5-8,22H,3-4,9-10H2,1-2H3,(H,21,24). The van der Waals surface area contributed by atoms with Crippen LogP contribution in [0.1, 0.15) is 36.9 Å². The topological polar surface area (TPSA) is 80.1 Å². The molecule has 4 rings (SSSR count). The number of nitrogens with zero attached hydrogens (tertiary/aromatic N) is 1. The fourth-order valence-electron chi connectivity index (χ4n) is 2.84. The zero-order valence-corrected chi connectivity index (χ0v) is 15.4. The summed E-state index contributed by atoms with van der Waals surface area (Å²) in [7, 11) is 0. The molecule has 1 amide bonds. The first kappa shape index (κ1) is 17.0. The third-order valence-corrected chi connectivity index (χ3v) is 5.06. The highest BCUT2D eigenvalue weighted by Gasteiger charge is 2.44. The molecule has 1 fully saturated rings. The lowest BCUT2D eigenvalue weighted by Gasteiger charge is -2.08. The first-order chi connectivity index (χ1) is 12.4. The number of aromatic amines is 1. The van der Waals surface area contributed by atoms with Crippen LogP contribution in [0.3, 0.4) is 0 Å². The van der Waals surface area contributed by atoms with Gasteiger partial charge in [-0.25, -0.2) is 0 Å². The molecule has 0 atom stereocenters. The first-order valence-corrected chi connectivity index (χ1v) is 8.95. The molecule has 1 saturated carbocycles. The average molecular weight is 374 g/mol. The van der Waals surface area contributed by atoms with E-state index < -0.39 is 0 Å². The Labute approximate surface area is 155 Å². The molecule has 1 aromatic carbocycles. The summed E-state index contributed by atoms with van der Waals surface area (Å²) >= 11 is 6.33. The number of hydrogen-bond donors (Lipinski definition) is 2. The Kier molecular flexibility index (Phi) is 4.15. The van der Waals surface area contributed by atoms with E-state index in [1.165, 1.54) is 0 Å². The summed E-state index contributed by atoms with van der Waals surface area (Å²) in [5.41, 5.74) is 2.37. The SMILES string of the molecule is Cc1cc(COc2cc3[nH]c(CNC(=O)C4(C)CC4)cc3cc2Cl)no1. The molecule has 0 saturated heterocycles. The fraction of sp³-hybridized carbons (Fsp3) is 0.368. The second-order valence-electron chi connectivity index (χ2n) is 7.13. The van der Waals surface area contributed by atoms with Crippen LogP contribution in [0.25, 0.3) is 10.9 Å². The van der Waals surface area contributed by atoms with Crippen molar-refractivity contribution >= 4 is 28.4 Å². The molecule has 2 N–H and O–H groups in total. The van der Waals surface area contributed by atoms with Crippen LogP contribution in [0, 0.1) is 12.3 Å². The van der Waals surface area contributed by atoms with Crippen LogP contribution < -0.4 is 10.1 Å². The maximum atomic E-state index is 12.1. The number of carbonyl (C=O) groups is 1. The number of rotatable bonds is 6. The van der Waals surface area contributed by atoms with Crippen LogP contribution in [0.5, 0.6) is 5.75 Å². The van der Waals surface area contributed by atoms with Crippen LogP contribution in [0.2, 0.25) is 5.02 Å². The van der Waals surface area contributed by atoms with Crippen LogP contribution in [-0.4, -0.2) is 16.0 Å². The van der Waals surface area contributed by atoms with E-state index in [2.05, 4.69) is 15.5 Å². The number of carbonyl (C=O) groups excluding carboxylic acids is 1. The van der Waals surface area contributed by atoms with Gasteiger partial charge >= 0.3 is 0 Å². The van der Waals surface area contributed by atoms with Crippen LogP contribution >= 0.6 is 11.6 Å². The highest BCUT2D eigenvalue weighted by Crippen LogP contribution is 2.45. The van der Waals surface area contributed by atoms with Gasteiger partial charge < -0.3 is 19.6 Å². The maximum Gasteiger partial charge on any atom is 0.226 e.